The van der Waals surface area contributed by atoms with Crippen molar-refractivity contribution in [3.63, 3.8) is 0 Å². The van der Waals surface area contributed by atoms with Crippen molar-refractivity contribution in [2.45, 2.75) is 119 Å². The van der Waals surface area contributed by atoms with Gasteiger partial charge < -0.3 is 45.2 Å². The average Bonchev–Trinajstić information content (AvgIpc) is 3.21. The van der Waals surface area contributed by atoms with Gasteiger partial charge in [0.05, 0.1) is 31.1 Å². The molecule has 0 bridgehead atoms. The minimum Gasteiger partial charge on any atom is -0.481 e. The lowest BCUT2D eigenvalue weighted by Crippen LogP contribution is -2.44. The Hall–Kier alpha value is -5.94. The van der Waals surface area contributed by atoms with Gasteiger partial charge in [0.1, 0.15) is 52.4 Å². The van der Waals surface area contributed by atoms with Gasteiger partial charge >= 0.3 is 36.1 Å². The first-order valence-corrected chi connectivity index (χ1v) is 23.1. The van der Waals surface area contributed by atoms with Crippen LogP contribution in [0.25, 0.3) is 0 Å². The van der Waals surface area contributed by atoms with E-state index in [1.165, 1.54) is 31.4 Å². The molecule has 0 aliphatic rings. The summed E-state index contributed by atoms with van der Waals surface area (Å²) < 4.78 is 71.8. The van der Waals surface area contributed by atoms with Gasteiger partial charge in [-0.05, 0) is 85.1 Å². The van der Waals surface area contributed by atoms with Crippen LogP contribution in [0.2, 0.25) is 0 Å². The van der Waals surface area contributed by atoms with Crippen LogP contribution >= 0.6 is 0 Å². The van der Waals surface area contributed by atoms with Crippen LogP contribution in [0.1, 0.15) is 80.1 Å². The number of amides is 2. The molecule has 0 fully saturated rings. The number of aliphatic carboxylic acids is 1. The van der Waals surface area contributed by atoms with E-state index in [2.05, 4.69) is 24.8 Å². The number of ether oxygens (including phenoxy) is 5. The highest BCUT2D eigenvalue weighted by molar-refractivity contribution is 7.92. The van der Waals surface area contributed by atoms with Crippen molar-refractivity contribution in [2.75, 3.05) is 32.8 Å². The number of hydrogen-bond donors (Lipinski definition) is 4. The number of carboxylic acids is 1. The van der Waals surface area contributed by atoms with Crippen LogP contribution in [0.5, 0.6) is 0 Å². The Bertz CT molecular complexity index is 2120. The highest BCUT2D eigenvalue weighted by Crippen LogP contribution is 2.14. The van der Waals surface area contributed by atoms with Crippen molar-refractivity contribution in [2.24, 2.45) is 5.73 Å². The molecule has 0 heterocycles. The van der Waals surface area contributed by atoms with Crippen molar-refractivity contribution in [1.82, 2.24) is 10.6 Å². The Morgan fingerprint density at radius 2 is 0.877 bits per heavy atom. The largest absolute Gasteiger partial charge is 0.481 e. The first-order chi connectivity index (χ1) is 30.0. The fourth-order valence-electron chi connectivity index (χ4n) is 4.83. The van der Waals surface area contributed by atoms with E-state index < -0.39 is 108 Å². The van der Waals surface area contributed by atoms with Crippen LogP contribution in [0.3, 0.4) is 0 Å². The molecule has 65 heavy (non-hydrogen) atoms. The van der Waals surface area contributed by atoms with Crippen LogP contribution in [0.4, 0.5) is 9.59 Å². The van der Waals surface area contributed by atoms with Gasteiger partial charge in [-0.1, -0.05) is 36.4 Å². The van der Waals surface area contributed by atoms with Crippen molar-refractivity contribution in [3.8, 4) is 0 Å². The highest BCUT2D eigenvalue weighted by Gasteiger charge is 2.28. The lowest BCUT2D eigenvalue weighted by Gasteiger charge is -2.22. The van der Waals surface area contributed by atoms with E-state index in [4.69, 9.17) is 20.3 Å². The lowest BCUT2D eigenvalue weighted by molar-refractivity contribution is -0.144. The molecule has 21 nitrogen and oxygen atoms in total. The summed E-state index contributed by atoms with van der Waals surface area (Å²) in [6.45, 7) is 10.0. The summed E-state index contributed by atoms with van der Waals surface area (Å²) in [5, 5.41) is 13.2. The van der Waals surface area contributed by atoms with Gasteiger partial charge in [0.2, 0.25) is 0 Å². The first-order valence-electron chi connectivity index (χ1n) is 19.8. The van der Waals surface area contributed by atoms with Gasteiger partial charge in [-0.25, -0.2) is 36.0 Å². The number of carbonyl (C=O) groups is 8. The van der Waals surface area contributed by atoms with Crippen LogP contribution in [-0.2, 0) is 72.1 Å². The van der Waals surface area contributed by atoms with E-state index in [-0.39, 0.29) is 48.3 Å². The summed E-state index contributed by atoms with van der Waals surface area (Å²) in [7, 11) is -3.89. The molecular formula is C42H61N3O18S2. The number of carboxylic acid groups (broad SMARTS) is 1. The number of nitrogens with one attached hydrogen (secondary N) is 2. The summed E-state index contributed by atoms with van der Waals surface area (Å²) >= 11 is 0. The van der Waals surface area contributed by atoms with Crippen molar-refractivity contribution in [1.29, 1.82) is 0 Å². The molecule has 0 aromatic heterocycles. The standard InChI is InChI=1S/C18H25NO7S.C13H17NO5S.C11H19NO6/c1-18(2,3)26-17(22)19-15(16(21)25-4)11-10-13(20)12-27(23,24)14-8-6-5-7-9-14;1-19-13(16)12(14)8-7-10(15)9-20(17,18)11-5-3-2-4-6-11;1-11(2,3)18-10(16)12-7(9(15)17-4)5-6-8(13)14/h5-9,15H,10-12H2,1-4H3,(H,19,22);2-6,12H,7-9,14H2,1H3;7H,5-6H2,1-4H3,(H,12,16)(H,13,14)/t15-;12-;7-/m000/s1. The predicted octanol–water partition coefficient (Wildman–Crippen LogP) is 3.10. The average molecular weight is 960 g/mol. The number of alkyl carbamates (subject to hydrolysis) is 2. The molecule has 3 atom stereocenters. The van der Waals surface area contributed by atoms with Gasteiger partial charge in [-0.2, -0.15) is 0 Å². The fraction of sp³-hybridized carbons (Fsp3) is 0.524. The lowest BCUT2D eigenvalue weighted by atomic mass is 10.1. The van der Waals surface area contributed by atoms with Crippen molar-refractivity contribution in [3.05, 3.63) is 60.7 Å². The third-order valence-corrected chi connectivity index (χ3v) is 11.2. The number of carbonyl (C=O) groups excluding carboxylic acids is 7. The minimum atomic E-state index is -3.76. The predicted molar refractivity (Wildman–Crippen MR) is 233 cm³/mol. The number of hydrogen-bond acceptors (Lipinski definition) is 18. The molecule has 2 aromatic carbocycles. The molecule has 0 unspecified atom stereocenters. The molecule has 0 saturated carbocycles. The third kappa shape index (κ3) is 26.4. The quantitative estimate of drug-likeness (QED) is 0.109. The molecule has 23 heteroatoms. The zero-order valence-corrected chi connectivity index (χ0v) is 39.6. The molecule has 2 rings (SSSR count). The van der Waals surface area contributed by atoms with E-state index in [9.17, 15) is 55.2 Å². The van der Waals surface area contributed by atoms with E-state index >= 15 is 0 Å². The van der Waals surface area contributed by atoms with Crippen LogP contribution in [0.15, 0.2) is 70.5 Å². The highest BCUT2D eigenvalue weighted by atomic mass is 32.2. The fourth-order valence-corrected chi connectivity index (χ4v) is 7.44. The molecule has 2 amide bonds. The molecule has 5 N–H and O–H groups in total. The molecule has 2 aromatic rings. The maximum atomic E-state index is 12.2. The third-order valence-electron chi connectivity index (χ3n) is 7.86. The van der Waals surface area contributed by atoms with Crippen molar-refractivity contribution < 1.29 is 84.0 Å². The van der Waals surface area contributed by atoms with Gasteiger partial charge in [-0.3, -0.25) is 19.2 Å². The second-order valence-electron chi connectivity index (χ2n) is 15.8. The molecule has 0 aliphatic carbocycles. The normalized spacial score (nSPS) is 12.6. The Kier molecular flexibility index (Phi) is 25.5. The van der Waals surface area contributed by atoms with Crippen LogP contribution in [-0.4, -0.2) is 132 Å². The van der Waals surface area contributed by atoms with Crippen molar-refractivity contribution >= 4 is 67.3 Å². The number of benzene rings is 2. The summed E-state index contributed by atoms with van der Waals surface area (Å²) in [6, 6.07) is 12.3. The Morgan fingerprint density at radius 1 is 0.554 bits per heavy atom. The molecular weight excluding hydrogens is 899 g/mol. The second kappa shape index (κ2) is 28.1. The number of nitrogens with two attached hydrogens (primary N) is 1. The number of rotatable bonds is 20. The van der Waals surface area contributed by atoms with E-state index in [0.717, 1.165) is 14.2 Å². The first kappa shape index (κ1) is 59.1. The Morgan fingerprint density at radius 3 is 1.18 bits per heavy atom. The second-order valence-corrected chi connectivity index (χ2v) is 19.8. The summed E-state index contributed by atoms with van der Waals surface area (Å²) in [5.41, 5.74) is 4.02. The molecule has 0 aliphatic heterocycles. The Balaban J connectivity index is 0.000000971. The zero-order valence-electron chi connectivity index (χ0n) is 37.9. The maximum absolute atomic E-state index is 12.2. The molecule has 0 saturated heterocycles. The zero-order chi connectivity index (χ0) is 50.2. The van der Waals surface area contributed by atoms with Crippen LogP contribution < -0.4 is 16.4 Å². The van der Waals surface area contributed by atoms with Crippen LogP contribution in [0, 0.1) is 0 Å². The number of esters is 3. The SMILES string of the molecule is COC(=O)[C@@H](N)CCC(=O)CS(=O)(=O)c1ccccc1.COC(=O)[C@H](CCC(=O)CS(=O)(=O)c1ccccc1)NC(=O)OC(C)(C)C.COC(=O)[C@H](CCC(=O)O)NC(=O)OC(C)(C)C. The summed E-state index contributed by atoms with van der Waals surface area (Å²) in [4.78, 5) is 91.8. The number of methoxy groups -OCH3 is 3. The van der Waals surface area contributed by atoms with Gasteiger partial charge in [0, 0.05) is 19.3 Å². The maximum Gasteiger partial charge on any atom is 0.408 e. The van der Waals surface area contributed by atoms with Gasteiger partial charge in [0.25, 0.3) is 0 Å². The number of ketones is 2. The Labute approximate surface area is 379 Å². The molecule has 0 radical (unpaired) electrons. The van der Waals surface area contributed by atoms with E-state index in [1.807, 2.05) is 0 Å². The van der Waals surface area contributed by atoms with Gasteiger partial charge in [0.15, 0.2) is 19.7 Å². The van der Waals surface area contributed by atoms with E-state index in [0.29, 0.717) is 0 Å². The van der Waals surface area contributed by atoms with Gasteiger partial charge in [-0.15, -0.1) is 0 Å². The van der Waals surface area contributed by atoms with E-state index in [1.54, 1.807) is 77.9 Å². The summed E-state index contributed by atoms with van der Waals surface area (Å²) in [5.74, 6) is -5.46. The molecule has 0 spiro atoms. The monoisotopic (exact) mass is 959 g/mol. The number of Topliss-reactive ketones (excluding diaryl/α,β-unsaturated/α-hetero) is 2. The smallest absolute Gasteiger partial charge is 0.408 e. The molecule has 364 valence electrons. The minimum absolute atomic E-state index is 0.0507. The summed E-state index contributed by atoms with van der Waals surface area (Å²) in [6.07, 6.45) is -2.27. The number of sulfone groups is 2. The topological polar surface area (TPSA) is 321 Å².